The molecule has 34 heavy (non-hydrogen) atoms. The first-order valence-electron chi connectivity index (χ1n) is 11.1. The highest BCUT2D eigenvalue weighted by Gasteiger charge is 2.54. The molecule has 174 valence electrons. The van der Waals surface area contributed by atoms with E-state index in [-0.39, 0.29) is 17.9 Å². The first-order chi connectivity index (χ1) is 16.4. The highest BCUT2D eigenvalue weighted by Crippen LogP contribution is 2.57. The number of hydrogen-bond acceptors (Lipinski definition) is 7. The predicted octanol–water partition coefficient (Wildman–Crippen LogP) is 4.72. The van der Waals surface area contributed by atoms with Gasteiger partial charge in [-0.25, -0.2) is 4.79 Å². The van der Waals surface area contributed by atoms with Crippen molar-refractivity contribution in [1.82, 2.24) is 0 Å². The minimum Gasteiger partial charge on any atom is -0.508 e. The number of aliphatic carboxylic acids is 1. The SMILES string of the molecule is O=C(O)CCCCCNc1cccc2c1C(=O)OC21c2ccc(O)cc2Oc2cc(O)ccc21. The molecule has 1 spiro atoms. The summed E-state index contributed by atoms with van der Waals surface area (Å²) in [5.74, 6) is -0.642. The van der Waals surface area contributed by atoms with Crippen molar-refractivity contribution in [3.05, 3.63) is 76.9 Å². The number of unbranched alkanes of at least 4 members (excludes halogenated alkanes) is 2. The topological polar surface area (TPSA) is 125 Å². The third-order valence-corrected chi connectivity index (χ3v) is 6.19. The van der Waals surface area contributed by atoms with Gasteiger partial charge in [0.2, 0.25) is 0 Å². The maximum Gasteiger partial charge on any atom is 0.342 e. The van der Waals surface area contributed by atoms with Crippen LogP contribution in [0, 0.1) is 0 Å². The third-order valence-electron chi connectivity index (χ3n) is 6.19. The number of benzene rings is 3. The summed E-state index contributed by atoms with van der Waals surface area (Å²) >= 11 is 0. The van der Waals surface area contributed by atoms with Gasteiger partial charge in [0, 0.05) is 47.5 Å². The number of carboxylic acids is 1. The van der Waals surface area contributed by atoms with Crippen molar-refractivity contribution in [2.75, 3.05) is 11.9 Å². The number of ether oxygens (including phenoxy) is 2. The van der Waals surface area contributed by atoms with Gasteiger partial charge in [-0.05, 0) is 43.2 Å². The van der Waals surface area contributed by atoms with Crippen molar-refractivity contribution in [3.63, 3.8) is 0 Å². The Hall–Kier alpha value is -4.20. The van der Waals surface area contributed by atoms with Gasteiger partial charge in [-0.2, -0.15) is 0 Å². The van der Waals surface area contributed by atoms with Crippen molar-refractivity contribution < 1.29 is 34.4 Å². The number of carboxylic acid groups (broad SMARTS) is 1. The number of esters is 1. The summed E-state index contributed by atoms with van der Waals surface area (Å²) in [4.78, 5) is 23.9. The van der Waals surface area contributed by atoms with Gasteiger partial charge in [-0.15, -0.1) is 0 Å². The van der Waals surface area contributed by atoms with Gasteiger partial charge >= 0.3 is 11.9 Å². The molecule has 2 heterocycles. The molecule has 0 unspecified atom stereocenters. The number of carbonyl (C=O) groups excluding carboxylic acids is 1. The van der Waals surface area contributed by atoms with E-state index in [9.17, 15) is 19.8 Å². The smallest absolute Gasteiger partial charge is 0.342 e. The van der Waals surface area contributed by atoms with Crippen LogP contribution in [0.4, 0.5) is 5.69 Å². The molecule has 0 atom stereocenters. The van der Waals surface area contributed by atoms with Crippen LogP contribution in [0.3, 0.4) is 0 Å². The van der Waals surface area contributed by atoms with Crippen molar-refractivity contribution in [3.8, 4) is 23.0 Å². The molecule has 2 aliphatic rings. The molecule has 0 aliphatic carbocycles. The van der Waals surface area contributed by atoms with E-state index < -0.39 is 17.5 Å². The standard InChI is InChI=1S/C26H23NO7/c28-15-8-10-17-21(13-15)33-22-14-16(29)9-11-18(22)26(17)19-5-4-6-20(24(19)25(32)34-26)27-12-3-1-2-7-23(30)31/h4-6,8-11,13-14,27-29H,1-3,7,12H2,(H,30,31). The normalized spacial score (nSPS) is 14.5. The quantitative estimate of drug-likeness (QED) is 0.294. The minimum absolute atomic E-state index is 0.000338. The number of fused-ring (bicyclic) bond motifs is 6. The van der Waals surface area contributed by atoms with E-state index in [1.165, 1.54) is 24.3 Å². The average molecular weight is 461 g/mol. The highest BCUT2D eigenvalue weighted by atomic mass is 16.6. The van der Waals surface area contributed by atoms with E-state index >= 15 is 0 Å². The van der Waals surface area contributed by atoms with Crippen LogP contribution in [0.1, 0.15) is 52.7 Å². The Morgan fingerprint density at radius 2 is 1.56 bits per heavy atom. The van der Waals surface area contributed by atoms with E-state index in [0.29, 0.717) is 52.4 Å². The number of carbonyl (C=O) groups is 2. The fraction of sp³-hybridized carbons (Fsp3) is 0.231. The number of phenols is 2. The Labute approximate surface area is 195 Å². The van der Waals surface area contributed by atoms with E-state index in [1.54, 1.807) is 12.1 Å². The molecule has 0 saturated heterocycles. The lowest BCUT2D eigenvalue weighted by molar-refractivity contribution is -0.137. The molecule has 8 nitrogen and oxygen atoms in total. The zero-order valence-electron chi connectivity index (χ0n) is 18.2. The number of anilines is 1. The maximum atomic E-state index is 13.3. The lowest BCUT2D eigenvalue weighted by Gasteiger charge is -2.36. The van der Waals surface area contributed by atoms with E-state index in [2.05, 4.69) is 5.32 Å². The summed E-state index contributed by atoms with van der Waals surface area (Å²) in [6, 6.07) is 14.8. The number of rotatable bonds is 7. The summed E-state index contributed by atoms with van der Waals surface area (Å²) in [7, 11) is 0. The largest absolute Gasteiger partial charge is 0.508 e. The number of phenolic OH excluding ortho intramolecular Hbond substituents is 2. The Morgan fingerprint density at radius 1 is 0.882 bits per heavy atom. The lowest BCUT2D eigenvalue weighted by Crippen LogP contribution is -2.32. The van der Waals surface area contributed by atoms with E-state index in [1.807, 2.05) is 18.2 Å². The summed E-state index contributed by atoms with van der Waals surface area (Å²) < 4.78 is 12.1. The fourth-order valence-electron chi connectivity index (χ4n) is 4.70. The maximum absolute atomic E-state index is 13.3. The van der Waals surface area contributed by atoms with Crippen LogP contribution < -0.4 is 10.1 Å². The van der Waals surface area contributed by atoms with Crippen LogP contribution in [0.25, 0.3) is 0 Å². The first kappa shape index (κ1) is 21.6. The molecule has 0 radical (unpaired) electrons. The molecule has 8 heteroatoms. The summed E-state index contributed by atoms with van der Waals surface area (Å²) in [5.41, 5.74) is 1.52. The molecule has 0 bridgehead atoms. The van der Waals surface area contributed by atoms with Gasteiger partial charge < -0.3 is 30.1 Å². The summed E-state index contributed by atoms with van der Waals surface area (Å²) in [5, 5.41) is 32.1. The van der Waals surface area contributed by atoms with Crippen LogP contribution in [0.2, 0.25) is 0 Å². The zero-order valence-corrected chi connectivity index (χ0v) is 18.2. The molecule has 3 aromatic rings. The van der Waals surface area contributed by atoms with Crippen LogP contribution in [0.5, 0.6) is 23.0 Å². The molecule has 0 saturated carbocycles. The predicted molar refractivity (Wildman–Crippen MR) is 123 cm³/mol. The van der Waals surface area contributed by atoms with E-state index in [0.717, 1.165) is 12.8 Å². The molecular formula is C26H23NO7. The number of aromatic hydroxyl groups is 2. The second kappa shape index (κ2) is 8.30. The average Bonchev–Trinajstić information content (AvgIpc) is 3.09. The van der Waals surface area contributed by atoms with Crippen molar-refractivity contribution in [2.45, 2.75) is 31.3 Å². The first-order valence-corrected chi connectivity index (χ1v) is 11.1. The number of nitrogens with one attached hydrogen (secondary N) is 1. The molecule has 0 fully saturated rings. The van der Waals surface area contributed by atoms with E-state index in [4.69, 9.17) is 14.6 Å². The van der Waals surface area contributed by atoms with Crippen LogP contribution in [0.15, 0.2) is 54.6 Å². The number of hydrogen-bond donors (Lipinski definition) is 4. The third kappa shape index (κ3) is 3.48. The van der Waals surface area contributed by atoms with Gasteiger partial charge in [0.1, 0.15) is 23.0 Å². The molecule has 3 aromatic carbocycles. The second-order valence-corrected chi connectivity index (χ2v) is 8.39. The van der Waals surface area contributed by atoms with Gasteiger partial charge in [-0.1, -0.05) is 18.6 Å². The molecule has 0 amide bonds. The molecule has 4 N–H and O–H groups in total. The molecule has 0 aromatic heterocycles. The minimum atomic E-state index is -1.30. The van der Waals surface area contributed by atoms with Gasteiger partial charge in [0.15, 0.2) is 5.60 Å². The van der Waals surface area contributed by atoms with Crippen LogP contribution in [-0.2, 0) is 15.1 Å². The van der Waals surface area contributed by atoms with Crippen molar-refractivity contribution >= 4 is 17.6 Å². The van der Waals surface area contributed by atoms with Crippen molar-refractivity contribution in [1.29, 1.82) is 0 Å². The molecule has 2 aliphatic heterocycles. The van der Waals surface area contributed by atoms with Gasteiger partial charge in [0.05, 0.1) is 5.56 Å². The lowest BCUT2D eigenvalue weighted by atomic mass is 9.77. The summed E-state index contributed by atoms with van der Waals surface area (Å²) in [6.07, 6.45) is 2.26. The second-order valence-electron chi connectivity index (χ2n) is 8.39. The van der Waals surface area contributed by atoms with Gasteiger partial charge in [-0.3, -0.25) is 4.79 Å². The summed E-state index contributed by atoms with van der Waals surface area (Å²) in [6.45, 7) is 0.578. The Kier molecular flexibility index (Phi) is 5.28. The fourth-order valence-corrected chi connectivity index (χ4v) is 4.70. The molecular weight excluding hydrogens is 438 g/mol. The van der Waals surface area contributed by atoms with Crippen LogP contribution >= 0.6 is 0 Å². The monoisotopic (exact) mass is 461 g/mol. The molecule has 5 rings (SSSR count). The Balaban J connectivity index is 1.55. The van der Waals surface area contributed by atoms with Gasteiger partial charge in [0.25, 0.3) is 0 Å². The highest BCUT2D eigenvalue weighted by molar-refractivity contribution is 6.02. The Morgan fingerprint density at radius 3 is 2.21 bits per heavy atom. The van der Waals surface area contributed by atoms with Crippen molar-refractivity contribution in [2.24, 2.45) is 0 Å². The van der Waals surface area contributed by atoms with Crippen LogP contribution in [-0.4, -0.2) is 33.8 Å². The zero-order chi connectivity index (χ0) is 23.9. The Bertz CT molecular complexity index is 1250.